The molecule has 1 fully saturated rings. The van der Waals surface area contributed by atoms with Crippen molar-refractivity contribution in [3.8, 4) is 0 Å². The fourth-order valence-corrected chi connectivity index (χ4v) is 1.19. The lowest BCUT2D eigenvalue weighted by Gasteiger charge is -2.40. The highest BCUT2D eigenvalue weighted by molar-refractivity contribution is 4.76. The van der Waals surface area contributed by atoms with E-state index >= 15 is 0 Å². The highest BCUT2D eigenvalue weighted by Gasteiger charge is 2.34. The van der Waals surface area contributed by atoms with Crippen LogP contribution in [0.5, 0.6) is 0 Å². The molecule has 1 saturated heterocycles. The zero-order valence-corrected chi connectivity index (χ0v) is 8.81. The zero-order valence-electron chi connectivity index (χ0n) is 8.81. The molecule has 0 aromatic carbocycles. The Kier molecular flexibility index (Phi) is 2.50. The fraction of sp³-hybridized carbons (Fsp3) is 1.00. The van der Waals surface area contributed by atoms with Crippen LogP contribution in [0.3, 0.4) is 0 Å². The Balaban J connectivity index is 2.47. The topological polar surface area (TPSA) is 18.5 Å². The third-order valence-electron chi connectivity index (χ3n) is 1.96. The van der Waals surface area contributed by atoms with E-state index < -0.39 is 0 Å². The molecule has 1 aliphatic heterocycles. The highest BCUT2D eigenvalue weighted by Crippen LogP contribution is 2.31. The van der Waals surface area contributed by atoms with Gasteiger partial charge in [-0.1, -0.05) is 34.6 Å². The summed E-state index contributed by atoms with van der Waals surface area (Å²) in [6.07, 6.45) is -0.0366. The maximum absolute atomic E-state index is 5.64. The second-order valence-corrected chi connectivity index (χ2v) is 5.48. The van der Waals surface area contributed by atoms with Gasteiger partial charge in [-0.05, 0) is 0 Å². The van der Waals surface area contributed by atoms with Gasteiger partial charge >= 0.3 is 0 Å². The lowest BCUT2D eigenvalue weighted by Crippen LogP contribution is -2.43. The Morgan fingerprint density at radius 3 is 1.83 bits per heavy atom. The monoisotopic (exact) mass is 172 g/mol. The molecule has 0 N–H and O–H groups in total. The average Bonchev–Trinajstić information content (AvgIpc) is 1.83. The molecule has 1 aliphatic rings. The molecule has 0 radical (unpaired) electrons. The third kappa shape index (κ3) is 2.46. The van der Waals surface area contributed by atoms with Crippen LogP contribution in [0.2, 0.25) is 0 Å². The summed E-state index contributed by atoms with van der Waals surface area (Å²) in [7, 11) is 0. The standard InChI is InChI=1S/C10H20O2/c1-9(2,3)8-11-6-10(4,5)7-12-8/h8H,6-7H2,1-5H3. The molecule has 72 valence electrons. The van der Waals surface area contributed by atoms with E-state index in [1.165, 1.54) is 0 Å². The van der Waals surface area contributed by atoms with Gasteiger partial charge in [0.25, 0.3) is 0 Å². The quantitative estimate of drug-likeness (QED) is 0.558. The first-order chi connectivity index (χ1) is 5.31. The number of rotatable bonds is 0. The summed E-state index contributed by atoms with van der Waals surface area (Å²) in [5.74, 6) is 0. The molecule has 12 heavy (non-hydrogen) atoms. The van der Waals surface area contributed by atoms with Gasteiger partial charge in [0.2, 0.25) is 0 Å². The Morgan fingerprint density at radius 1 is 1.08 bits per heavy atom. The number of hydrogen-bond donors (Lipinski definition) is 0. The molecule has 1 rings (SSSR count). The minimum absolute atomic E-state index is 0.0366. The first kappa shape index (κ1) is 10.0. The molecule has 0 spiro atoms. The molecule has 2 heteroatoms. The number of ether oxygens (including phenoxy) is 2. The highest BCUT2D eigenvalue weighted by atomic mass is 16.7. The Labute approximate surface area is 75.2 Å². The summed E-state index contributed by atoms with van der Waals surface area (Å²) >= 11 is 0. The van der Waals surface area contributed by atoms with Crippen LogP contribution < -0.4 is 0 Å². The van der Waals surface area contributed by atoms with Gasteiger partial charge in [0.15, 0.2) is 6.29 Å². The van der Waals surface area contributed by atoms with Crippen LogP contribution in [-0.2, 0) is 9.47 Å². The van der Waals surface area contributed by atoms with E-state index in [1.807, 2.05) is 0 Å². The van der Waals surface area contributed by atoms with Crippen LogP contribution in [0, 0.1) is 10.8 Å². The molecule has 2 nitrogen and oxygen atoms in total. The van der Waals surface area contributed by atoms with E-state index in [0.717, 1.165) is 13.2 Å². The number of hydrogen-bond acceptors (Lipinski definition) is 2. The predicted octanol–water partition coefficient (Wildman–Crippen LogP) is 2.43. The summed E-state index contributed by atoms with van der Waals surface area (Å²) < 4.78 is 11.3. The van der Waals surface area contributed by atoms with E-state index in [2.05, 4.69) is 34.6 Å². The van der Waals surface area contributed by atoms with Crippen molar-refractivity contribution in [2.75, 3.05) is 13.2 Å². The molecular formula is C10H20O2. The summed E-state index contributed by atoms with van der Waals surface area (Å²) in [4.78, 5) is 0. The van der Waals surface area contributed by atoms with Crippen LogP contribution in [0.25, 0.3) is 0 Å². The smallest absolute Gasteiger partial charge is 0.162 e. The zero-order chi connectivity index (χ0) is 9.41. The second kappa shape index (κ2) is 3.00. The van der Waals surface area contributed by atoms with Crippen molar-refractivity contribution in [1.82, 2.24) is 0 Å². The van der Waals surface area contributed by atoms with E-state index in [1.54, 1.807) is 0 Å². The minimum Gasteiger partial charge on any atom is -0.351 e. The van der Waals surface area contributed by atoms with Crippen molar-refractivity contribution < 1.29 is 9.47 Å². The van der Waals surface area contributed by atoms with Gasteiger partial charge in [-0.2, -0.15) is 0 Å². The van der Waals surface area contributed by atoms with Gasteiger partial charge in [0.1, 0.15) is 0 Å². The third-order valence-corrected chi connectivity index (χ3v) is 1.96. The maximum atomic E-state index is 5.64. The summed E-state index contributed by atoms with van der Waals surface area (Å²) in [6, 6.07) is 0. The van der Waals surface area contributed by atoms with Crippen molar-refractivity contribution in [1.29, 1.82) is 0 Å². The van der Waals surface area contributed by atoms with Gasteiger partial charge in [-0.15, -0.1) is 0 Å². The van der Waals surface area contributed by atoms with Crippen LogP contribution in [0.4, 0.5) is 0 Å². The molecule has 0 saturated carbocycles. The van der Waals surface area contributed by atoms with Crippen molar-refractivity contribution in [3.63, 3.8) is 0 Å². The van der Waals surface area contributed by atoms with Gasteiger partial charge < -0.3 is 9.47 Å². The average molecular weight is 172 g/mol. The maximum Gasteiger partial charge on any atom is 0.162 e. The van der Waals surface area contributed by atoms with Gasteiger partial charge in [-0.3, -0.25) is 0 Å². The lowest BCUT2D eigenvalue weighted by molar-refractivity contribution is -0.259. The molecular weight excluding hydrogens is 152 g/mol. The molecule has 0 amide bonds. The second-order valence-electron chi connectivity index (χ2n) is 5.48. The largest absolute Gasteiger partial charge is 0.351 e. The molecule has 0 unspecified atom stereocenters. The predicted molar refractivity (Wildman–Crippen MR) is 48.9 cm³/mol. The minimum atomic E-state index is -0.0366. The molecule has 0 aromatic rings. The van der Waals surface area contributed by atoms with Gasteiger partial charge in [-0.25, -0.2) is 0 Å². The van der Waals surface area contributed by atoms with Crippen molar-refractivity contribution >= 4 is 0 Å². The SMILES string of the molecule is CC1(C)COC(C(C)(C)C)OC1. The van der Waals surface area contributed by atoms with E-state index in [9.17, 15) is 0 Å². The molecule has 0 aliphatic carbocycles. The Bertz CT molecular complexity index is 146. The van der Waals surface area contributed by atoms with Gasteiger partial charge in [0, 0.05) is 10.8 Å². The van der Waals surface area contributed by atoms with Crippen molar-refractivity contribution in [2.24, 2.45) is 10.8 Å². The van der Waals surface area contributed by atoms with Crippen LogP contribution in [-0.4, -0.2) is 19.5 Å². The molecule has 0 atom stereocenters. The Morgan fingerprint density at radius 2 is 1.50 bits per heavy atom. The van der Waals surface area contributed by atoms with Crippen molar-refractivity contribution in [3.05, 3.63) is 0 Å². The molecule has 1 heterocycles. The van der Waals surface area contributed by atoms with Crippen LogP contribution in [0.1, 0.15) is 34.6 Å². The van der Waals surface area contributed by atoms with E-state index in [-0.39, 0.29) is 17.1 Å². The van der Waals surface area contributed by atoms with E-state index in [0.29, 0.717) is 0 Å². The summed E-state index contributed by atoms with van der Waals surface area (Å²) in [5, 5.41) is 0. The van der Waals surface area contributed by atoms with Crippen molar-refractivity contribution in [2.45, 2.75) is 40.9 Å². The molecule has 0 aromatic heterocycles. The summed E-state index contributed by atoms with van der Waals surface area (Å²) in [5.41, 5.74) is 0.276. The normalized spacial score (nSPS) is 25.8. The Hall–Kier alpha value is -0.0800. The lowest BCUT2D eigenvalue weighted by atomic mass is 9.91. The van der Waals surface area contributed by atoms with Crippen LogP contribution in [0.15, 0.2) is 0 Å². The first-order valence-electron chi connectivity index (χ1n) is 4.54. The first-order valence-corrected chi connectivity index (χ1v) is 4.54. The summed E-state index contributed by atoms with van der Waals surface area (Å²) in [6.45, 7) is 12.3. The molecule has 0 bridgehead atoms. The fourth-order valence-electron chi connectivity index (χ4n) is 1.19. The van der Waals surface area contributed by atoms with Crippen LogP contribution >= 0.6 is 0 Å². The van der Waals surface area contributed by atoms with E-state index in [4.69, 9.17) is 9.47 Å². The van der Waals surface area contributed by atoms with Gasteiger partial charge in [0.05, 0.1) is 13.2 Å².